The van der Waals surface area contributed by atoms with Gasteiger partial charge in [-0.25, -0.2) is 4.39 Å². The highest BCUT2D eigenvalue weighted by Crippen LogP contribution is 2.15. The van der Waals surface area contributed by atoms with E-state index in [9.17, 15) is 4.39 Å². The van der Waals surface area contributed by atoms with Crippen molar-refractivity contribution in [3.8, 4) is 0 Å². The molecule has 0 unspecified atom stereocenters. The topological polar surface area (TPSA) is 29.9 Å². The number of hydrogen-bond acceptors (Lipinski definition) is 2. The fourth-order valence-corrected chi connectivity index (χ4v) is 1.96. The molecule has 20 heavy (non-hydrogen) atoms. The fraction of sp³-hybridized carbons (Fsp3) is 0.438. The number of rotatable bonds is 4. The summed E-state index contributed by atoms with van der Waals surface area (Å²) in [6.45, 7) is 9.19. The Hall–Kier alpha value is -1.68. The molecular weight excluding hydrogens is 253 g/mol. The van der Waals surface area contributed by atoms with E-state index >= 15 is 0 Å². The van der Waals surface area contributed by atoms with Gasteiger partial charge >= 0.3 is 0 Å². The maximum atomic E-state index is 12.9. The predicted octanol–water partition coefficient (Wildman–Crippen LogP) is 3.63. The van der Waals surface area contributed by atoms with E-state index in [0.717, 1.165) is 17.7 Å². The second kappa shape index (κ2) is 5.75. The summed E-state index contributed by atoms with van der Waals surface area (Å²) < 4.78 is 14.8. The minimum atomic E-state index is -0.201. The van der Waals surface area contributed by atoms with Crippen LogP contribution in [0.25, 0.3) is 0 Å². The van der Waals surface area contributed by atoms with Gasteiger partial charge in [0, 0.05) is 24.3 Å². The molecule has 0 saturated carbocycles. The first-order chi connectivity index (χ1) is 9.36. The van der Waals surface area contributed by atoms with Crippen molar-refractivity contribution in [3.63, 3.8) is 0 Å². The number of halogens is 1. The average molecular weight is 275 g/mol. The van der Waals surface area contributed by atoms with Crippen LogP contribution in [0, 0.1) is 5.82 Å². The minimum absolute atomic E-state index is 0.000816. The zero-order chi connectivity index (χ0) is 14.8. The molecule has 1 aromatic heterocycles. The molecule has 0 saturated heterocycles. The van der Waals surface area contributed by atoms with Gasteiger partial charge in [0.2, 0.25) is 0 Å². The molecule has 4 heteroatoms. The van der Waals surface area contributed by atoms with Gasteiger partial charge in [0.25, 0.3) is 0 Å². The van der Waals surface area contributed by atoms with Crippen molar-refractivity contribution in [1.29, 1.82) is 0 Å². The summed E-state index contributed by atoms with van der Waals surface area (Å²) in [7, 11) is 0. The first-order valence-corrected chi connectivity index (χ1v) is 6.89. The molecule has 1 heterocycles. The van der Waals surface area contributed by atoms with Crippen LogP contribution in [0.5, 0.6) is 0 Å². The molecule has 2 rings (SSSR count). The average Bonchev–Trinajstić information content (AvgIpc) is 2.85. The highest BCUT2D eigenvalue weighted by atomic mass is 19.1. The summed E-state index contributed by atoms with van der Waals surface area (Å²) in [4.78, 5) is 0. The van der Waals surface area contributed by atoms with Crippen LogP contribution in [0.2, 0.25) is 0 Å². The van der Waals surface area contributed by atoms with Crippen molar-refractivity contribution in [3.05, 3.63) is 53.6 Å². The maximum absolute atomic E-state index is 12.9. The van der Waals surface area contributed by atoms with Crippen LogP contribution in [-0.2, 0) is 12.1 Å². The van der Waals surface area contributed by atoms with E-state index in [0.29, 0.717) is 0 Å². The number of nitrogens with one attached hydrogen (secondary N) is 1. The van der Waals surface area contributed by atoms with E-state index in [4.69, 9.17) is 0 Å². The van der Waals surface area contributed by atoms with Gasteiger partial charge in [-0.15, -0.1) is 0 Å². The Morgan fingerprint density at radius 1 is 1.25 bits per heavy atom. The summed E-state index contributed by atoms with van der Waals surface area (Å²) in [6.07, 6.45) is 3.94. The van der Waals surface area contributed by atoms with Crippen LogP contribution >= 0.6 is 0 Å². The lowest BCUT2D eigenvalue weighted by molar-refractivity contribution is 0.355. The van der Waals surface area contributed by atoms with Gasteiger partial charge in [-0.3, -0.25) is 4.68 Å². The Morgan fingerprint density at radius 2 is 1.90 bits per heavy atom. The fourth-order valence-electron chi connectivity index (χ4n) is 1.96. The summed E-state index contributed by atoms with van der Waals surface area (Å²) in [5.41, 5.74) is 2.23. The Kier molecular flexibility index (Phi) is 4.23. The molecule has 1 aromatic carbocycles. The SMILES string of the molecule is C[C@@H](NCc1cnn(C(C)(C)C)c1)c1ccc(F)cc1. The second-order valence-electron chi connectivity index (χ2n) is 6.12. The Bertz CT molecular complexity index is 552. The standard InChI is InChI=1S/C16H22FN3/c1-12(14-5-7-15(17)8-6-14)18-9-13-10-19-20(11-13)16(2,3)4/h5-8,10-12,18H,9H2,1-4H3/t12-/m1/s1. The zero-order valence-electron chi connectivity index (χ0n) is 12.5. The zero-order valence-corrected chi connectivity index (χ0v) is 12.5. The van der Waals surface area contributed by atoms with Crippen LogP contribution < -0.4 is 5.32 Å². The normalized spacial score (nSPS) is 13.4. The second-order valence-corrected chi connectivity index (χ2v) is 6.12. The van der Waals surface area contributed by atoms with E-state index in [1.54, 1.807) is 0 Å². The minimum Gasteiger partial charge on any atom is -0.306 e. The molecule has 0 aliphatic heterocycles. The molecule has 108 valence electrons. The third-order valence-corrected chi connectivity index (χ3v) is 3.31. The van der Waals surface area contributed by atoms with Crippen LogP contribution in [0.15, 0.2) is 36.7 Å². The largest absolute Gasteiger partial charge is 0.306 e. The molecule has 0 aliphatic carbocycles. The van der Waals surface area contributed by atoms with E-state index in [1.807, 2.05) is 23.0 Å². The molecular formula is C16H22FN3. The van der Waals surface area contributed by atoms with Crippen molar-refractivity contribution >= 4 is 0 Å². The highest BCUT2D eigenvalue weighted by Gasteiger charge is 2.14. The molecule has 0 fully saturated rings. The van der Waals surface area contributed by atoms with Crippen LogP contribution in [-0.4, -0.2) is 9.78 Å². The van der Waals surface area contributed by atoms with Crippen LogP contribution in [0.3, 0.4) is 0 Å². The van der Waals surface area contributed by atoms with Crippen molar-refractivity contribution in [1.82, 2.24) is 15.1 Å². The van der Waals surface area contributed by atoms with Crippen molar-refractivity contribution in [2.45, 2.75) is 45.8 Å². The highest BCUT2D eigenvalue weighted by molar-refractivity contribution is 5.19. The summed E-state index contributed by atoms with van der Waals surface area (Å²) in [5.74, 6) is -0.201. The number of benzene rings is 1. The summed E-state index contributed by atoms with van der Waals surface area (Å²) >= 11 is 0. The van der Waals surface area contributed by atoms with Gasteiger partial charge in [-0.2, -0.15) is 5.10 Å². The van der Waals surface area contributed by atoms with E-state index in [1.165, 1.54) is 12.1 Å². The Balaban J connectivity index is 1.95. The lowest BCUT2D eigenvalue weighted by Crippen LogP contribution is -2.22. The molecule has 1 N–H and O–H groups in total. The van der Waals surface area contributed by atoms with Crippen molar-refractivity contribution < 1.29 is 4.39 Å². The molecule has 3 nitrogen and oxygen atoms in total. The van der Waals surface area contributed by atoms with Gasteiger partial charge in [-0.1, -0.05) is 12.1 Å². The molecule has 0 amide bonds. The third-order valence-electron chi connectivity index (χ3n) is 3.31. The molecule has 0 radical (unpaired) electrons. The first kappa shape index (κ1) is 14.7. The summed E-state index contributed by atoms with van der Waals surface area (Å²) in [5, 5.41) is 7.80. The van der Waals surface area contributed by atoms with Gasteiger partial charge in [-0.05, 0) is 45.4 Å². The first-order valence-electron chi connectivity index (χ1n) is 6.89. The lowest BCUT2D eigenvalue weighted by Gasteiger charge is -2.18. The lowest BCUT2D eigenvalue weighted by atomic mass is 10.1. The monoisotopic (exact) mass is 275 g/mol. The molecule has 0 aliphatic rings. The molecule has 0 bridgehead atoms. The molecule has 1 atom stereocenters. The molecule has 2 aromatic rings. The third kappa shape index (κ3) is 3.67. The number of hydrogen-bond donors (Lipinski definition) is 1. The van der Waals surface area contributed by atoms with Crippen molar-refractivity contribution in [2.24, 2.45) is 0 Å². The molecule has 0 spiro atoms. The van der Waals surface area contributed by atoms with E-state index in [2.05, 4.69) is 44.3 Å². The summed E-state index contributed by atoms with van der Waals surface area (Å²) in [6, 6.07) is 6.78. The van der Waals surface area contributed by atoms with Crippen molar-refractivity contribution in [2.75, 3.05) is 0 Å². The predicted molar refractivity (Wildman–Crippen MR) is 78.9 cm³/mol. The van der Waals surface area contributed by atoms with Gasteiger partial charge < -0.3 is 5.32 Å². The van der Waals surface area contributed by atoms with Gasteiger partial charge in [0.15, 0.2) is 0 Å². The van der Waals surface area contributed by atoms with E-state index < -0.39 is 0 Å². The van der Waals surface area contributed by atoms with Gasteiger partial charge in [0.1, 0.15) is 5.82 Å². The Morgan fingerprint density at radius 3 is 2.45 bits per heavy atom. The number of nitrogens with zero attached hydrogens (tertiary/aromatic N) is 2. The number of aromatic nitrogens is 2. The van der Waals surface area contributed by atoms with Crippen LogP contribution in [0.1, 0.15) is 44.9 Å². The van der Waals surface area contributed by atoms with E-state index in [-0.39, 0.29) is 17.4 Å². The van der Waals surface area contributed by atoms with Gasteiger partial charge in [0.05, 0.1) is 11.7 Å². The quantitative estimate of drug-likeness (QED) is 0.923. The smallest absolute Gasteiger partial charge is 0.123 e. The van der Waals surface area contributed by atoms with Crippen LogP contribution in [0.4, 0.5) is 4.39 Å². The Labute approximate surface area is 119 Å². The maximum Gasteiger partial charge on any atom is 0.123 e.